The van der Waals surface area contributed by atoms with E-state index in [1.165, 1.54) is 10.0 Å². The van der Waals surface area contributed by atoms with Crippen LogP contribution in [0.15, 0.2) is 28.7 Å². The molecule has 1 fully saturated rings. The van der Waals surface area contributed by atoms with Crippen LogP contribution in [0.2, 0.25) is 0 Å². The third-order valence-electron chi connectivity index (χ3n) is 3.35. The number of benzene rings is 1. The molecular formula is C13H15BrO2. The Bertz CT molecular complexity index is 383. The highest BCUT2D eigenvalue weighted by Crippen LogP contribution is 2.45. The standard InChI is InChI=1S/C13H15BrO2/c14-12-4-2-1-3-11(12)10-7-9(8-10)5-6-13(15)16/h1-4,9-10H,5-8H2,(H,15,16). The minimum Gasteiger partial charge on any atom is -0.481 e. The van der Waals surface area contributed by atoms with Crippen LogP contribution in [-0.2, 0) is 4.79 Å². The van der Waals surface area contributed by atoms with Gasteiger partial charge in [0, 0.05) is 10.9 Å². The van der Waals surface area contributed by atoms with E-state index in [-0.39, 0.29) is 0 Å². The van der Waals surface area contributed by atoms with E-state index in [1.54, 1.807) is 0 Å². The van der Waals surface area contributed by atoms with Crippen LogP contribution >= 0.6 is 15.9 Å². The first-order chi connectivity index (χ1) is 7.66. The van der Waals surface area contributed by atoms with Gasteiger partial charge in [-0.25, -0.2) is 0 Å². The Balaban J connectivity index is 1.84. The van der Waals surface area contributed by atoms with Gasteiger partial charge in [0.25, 0.3) is 0 Å². The van der Waals surface area contributed by atoms with Crippen molar-refractivity contribution in [2.75, 3.05) is 0 Å². The molecule has 1 N–H and O–H groups in total. The summed E-state index contributed by atoms with van der Waals surface area (Å²) >= 11 is 3.56. The van der Waals surface area contributed by atoms with Crippen LogP contribution in [0.5, 0.6) is 0 Å². The minimum absolute atomic E-state index is 0.313. The van der Waals surface area contributed by atoms with E-state index in [2.05, 4.69) is 34.1 Å². The molecule has 1 aliphatic rings. The van der Waals surface area contributed by atoms with Crippen molar-refractivity contribution in [2.24, 2.45) is 5.92 Å². The zero-order valence-corrected chi connectivity index (χ0v) is 10.6. The lowest BCUT2D eigenvalue weighted by Gasteiger charge is -2.36. The predicted octanol–water partition coefficient (Wildman–Crippen LogP) is 3.81. The second-order valence-electron chi connectivity index (χ2n) is 4.49. The number of carbonyl (C=O) groups is 1. The summed E-state index contributed by atoms with van der Waals surface area (Å²) in [7, 11) is 0. The molecule has 0 spiro atoms. The molecule has 0 saturated heterocycles. The molecule has 0 aliphatic heterocycles. The molecule has 0 amide bonds. The van der Waals surface area contributed by atoms with Crippen LogP contribution in [0, 0.1) is 5.92 Å². The smallest absolute Gasteiger partial charge is 0.303 e. The van der Waals surface area contributed by atoms with Gasteiger partial charge in [-0.1, -0.05) is 34.1 Å². The second-order valence-corrected chi connectivity index (χ2v) is 5.34. The quantitative estimate of drug-likeness (QED) is 0.912. The number of hydrogen-bond donors (Lipinski definition) is 1. The highest BCUT2D eigenvalue weighted by molar-refractivity contribution is 9.10. The molecule has 86 valence electrons. The molecule has 1 aromatic carbocycles. The number of aliphatic carboxylic acids is 1. The van der Waals surface area contributed by atoms with Crippen molar-refractivity contribution >= 4 is 21.9 Å². The average Bonchev–Trinajstić information content (AvgIpc) is 2.17. The largest absolute Gasteiger partial charge is 0.481 e. The van der Waals surface area contributed by atoms with Gasteiger partial charge in [-0.3, -0.25) is 4.79 Å². The highest BCUT2D eigenvalue weighted by atomic mass is 79.9. The number of hydrogen-bond acceptors (Lipinski definition) is 1. The van der Waals surface area contributed by atoms with Crippen molar-refractivity contribution in [3.05, 3.63) is 34.3 Å². The fourth-order valence-corrected chi connectivity index (χ4v) is 2.97. The summed E-state index contributed by atoms with van der Waals surface area (Å²) in [6.45, 7) is 0. The Labute approximate surface area is 104 Å². The molecule has 16 heavy (non-hydrogen) atoms. The fraction of sp³-hybridized carbons (Fsp3) is 0.462. The first-order valence-corrected chi connectivity index (χ1v) is 6.42. The van der Waals surface area contributed by atoms with Crippen LogP contribution in [0.25, 0.3) is 0 Å². The van der Waals surface area contributed by atoms with Crippen LogP contribution in [0.1, 0.15) is 37.2 Å². The third-order valence-corrected chi connectivity index (χ3v) is 4.07. The van der Waals surface area contributed by atoms with Gasteiger partial charge in [0.1, 0.15) is 0 Å². The maximum absolute atomic E-state index is 10.4. The normalized spacial score (nSPS) is 23.8. The van der Waals surface area contributed by atoms with E-state index in [4.69, 9.17) is 5.11 Å². The van der Waals surface area contributed by atoms with Crippen molar-refractivity contribution in [2.45, 2.75) is 31.6 Å². The molecule has 1 aromatic rings. The van der Waals surface area contributed by atoms with E-state index in [1.807, 2.05) is 6.07 Å². The van der Waals surface area contributed by atoms with Gasteiger partial charge in [-0.05, 0) is 42.7 Å². The minimum atomic E-state index is -0.677. The number of carboxylic acids is 1. The van der Waals surface area contributed by atoms with Gasteiger partial charge >= 0.3 is 5.97 Å². The molecule has 0 unspecified atom stereocenters. The van der Waals surface area contributed by atoms with Crippen LogP contribution in [0.3, 0.4) is 0 Å². The van der Waals surface area contributed by atoms with Crippen LogP contribution in [0.4, 0.5) is 0 Å². The van der Waals surface area contributed by atoms with Crippen molar-refractivity contribution in [1.29, 1.82) is 0 Å². The van der Waals surface area contributed by atoms with E-state index >= 15 is 0 Å². The molecule has 0 aromatic heterocycles. The van der Waals surface area contributed by atoms with E-state index in [0.717, 1.165) is 19.3 Å². The molecular weight excluding hydrogens is 268 g/mol. The molecule has 2 nitrogen and oxygen atoms in total. The van der Waals surface area contributed by atoms with E-state index < -0.39 is 5.97 Å². The predicted molar refractivity (Wildman–Crippen MR) is 66.5 cm³/mol. The zero-order chi connectivity index (χ0) is 11.5. The number of halogens is 1. The summed E-state index contributed by atoms with van der Waals surface area (Å²) in [5.74, 6) is 0.548. The molecule has 3 heteroatoms. The lowest BCUT2D eigenvalue weighted by atomic mass is 9.70. The van der Waals surface area contributed by atoms with Crippen molar-refractivity contribution in [1.82, 2.24) is 0 Å². The van der Waals surface area contributed by atoms with Gasteiger partial charge in [-0.2, -0.15) is 0 Å². The maximum Gasteiger partial charge on any atom is 0.303 e. The third kappa shape index (κ3) is 2.64. The molecule has 2 rings (SSSR count). The lowest BCUT2D eigenvalue weighted by molar-refractivity contribution is -0.137. The summed E-state index contributed by atoms with van der Waals surface area (Å²) in [4.78, 5) is 10.4. The zero-order valence-electron chi connectivity index (χ0n) is 9.03. The fourth-order valence-electron chi connectivity index (χ4n) is 2.36. The molecule has 0 radical (unpaired) electrons. The van der Waals surface area contributed by atoms with Gasteiger partial charge in [0.15, 0.2) is 0 Å². The molecule has 0 heterocycles. The van der Waals surface area contributed by atoms with Crippen molar-refractivity contribution in [3.63, 3.8) is 0 Å². The van der Waals surface area contributed by atoms with E-state index in [0.29, 0.717) is 18.3 Å². The summed E-state index contributed by atoms with van der Waals surface area (Å²) in [5.41, 5.74) is 1.37. The molecule has 1 saturated carbocycles. The van der Waals surface area contributed by atoms with Gasteiger partial charge in [0.2, 0.25) is 0 Å². The summed E-state index contributed by atoms with van der Waals surface area (Å²) in [5, 5.41) is 8.60. The van der Waals surface area contributed by atoms with Crippen LogP contribution in [-0.4, -0.2) is 11.1 Å². The monoisotopic (exact) mass is 282 g/mol. The van der Waals surface area contributed by atoms with Crippen molar-refractivity contribution < 1.29 is 9.90 Å². The Morgan fingerprint density at radius 3 is 2.69 bits per heavy atom. The van der Waals surface area contributed by atoms with Gasteiger partial charge in [0.05, 0.1) is 0 Å². The van der Waals surface area contributed by atoms with Gasteiger partial charge < -0.3 is 5.11 Å². The number of rotatable bonds is 4. The highest BCUT2D eigenvalue weighted by Gasteiger charge is 2.31. The van der Waals surface area contributed by atoms with Gasteiger partial charge in [-0.15, -0.1) is 0 Å². The topological polar surface area (TPSA) is 37.3 Å². The Morgan fingerprint density at radius 2 is 2.06 bits per heavy atom. The first kappa shape index (κ1) is 11.6. The Hall–Kier alpha value is -0.830. The SMILES string of the molecule is O=C(O)CCC1CC(c2ccccc2Br)C1. The average molecular weight is 283 g/mol. The second kappa shape index (κ2) is 5.00. The summed E-state index contributed by atoms with van der Waals surface area (Å²) in [6.07, 6.45) is 3.41. The molecule has 0 atom stereocenters. The summed E-state index contributed by atoms with van der Waals surface area (Å²) in [6, 6.07) is 8.31. The molecule has 1 aliphatic carbocycles. The number of carboxylic acid groups (broad SMARTS) is 1. The van der Waals surface area contributed by atoms with Crippen LogP contribution < -0.4 is 0 Å². The Morgan fingerprint density at radius 1 is 1.38 bits per heavy atom. The maximum atomic E-state index is 10.4. The Kier molecular flexibility index (Phi) is 3.64. The van der Waals surface area contributed by atoms with Crippen molar-refractivity contribution in [3.8, 4) is 0 Å². The lowest BCUT2D eigenvalue weighted by Crippen LogP contribution is -2.22. The summed E-state index contributed by atoms with van der Waals surface area (Å²) < 4.78 is 1.18. The van der Waals surface area contributed by atoms with E-state index in [9.17, 15) is 4.79 Å². The first-order valence-electron chi connectivity index (χ1n) is 5.63. The molecule has 0 bridgehead atoms.